The Balaban J connectivity index is 1.20. The highest BCUT2D eigenvalue weighted by Gasteiger charge is 2.25. The van der Waals surface area contributed by atoms with E-state index >= 15 is 0 Å². The zero-order valence-electron chi connectivity index (χ0n) is 22.2. The molecule has 0 fully saturated rings. The molecule has 5 rings (SSSR count). The third kappa shape index (κ3) is 6.14. The minimum Gasteiger partial charge on any atom is -0.497 e. The molecule has 39 heavy (non-hydrogen) atoms. The standard InChI is InChI=1S/C32H32N2O5/c1-3-4-19-38-28-15-7-23(8-16-28)31(35)33-26-11-5-22(6-12-26)30-20-25-21-34(18-17-29(25)39-30)32(36)24-9-13-27(37-2)14-10-24/h5-16,20H,3-4,17-19,21H2,1-2H3,(H,33,35). The molecule has 0 aliphatic carbocycles. The van der Waals surface area contributed by atoms with Crippen molar-refractivity contribution in [1.29, 1.82) is 0 Å². The molecule has 200 valence electrons. The average molecular weight is 525 g/mol. The van der Waals surface area contributed by atoms with Crippen molar-refractivity contribution in [1.82, 2.24) is 4.90 Å². The number of hydrogen-bond donors (Lipinski definition) is 1. The van der Waals surface area contributed by atoms with Gasteiger partial charge in [-0.2, -0.15) is 0 Å². The van der Waals surface area contributed by atoms with Gasteiger partial charge in [-0.05, 0) is 85.3 Å². The normalized spacial score (nSPS) is 12.5. The van der Waals surface area contributed by atoms with Crippen molar-refractivity contribution in [3.05, 3.63) is 101 Å². The van der Waals surface area contributed by atoms with E-state index in [2.05, 4.69) is 12.2 Å². The number of ether oxygens (including phenoxy) is 2. The van der Waals surface area contributed by atoms with Gasteiger partial charge in [0.1, 0.15) is 23.0 Å². The first-order valence-corrected chi connectivity index (χ1v) is 13.2. The van der Waals surface area contributed by atoms with Crippen molar-refractivity contribution in [2.75, 3.05) is 25.6 Å². The minimum absolute atomic E-state index is 0.00944. The van der Waals surface area contributed by atoms with Crippen molar-refractivity contribution in [3.8, 4) is 22.8 Å². The van der Waals surface area contributed by atoms with Gasteiger partial charge in [-0.15, -0.1) is 0 Å². The predicted octanol–water partition coefficient (Wildman–Crippen LogP) is 6.58. The maximum atomic E-state index is 13.0. The van der Waals surface area contributed by atoms with E-state index in [1.54, 1.807) is 43.5 Å². The second-order valence-electron chi connectivity index (χ2n) is 9.52. The molecule has 0 atom stereocenters. The number of anilines is 1. The van der Waals surface area contributed by atoms with Gasteiger partial charge in [0.25, 0.3) is 11.8 Å². The topological polar surface area (TPSA) is 81.0 Å². The Hall–Kier alpha value is -4.52. The van der Waals surface area contributed by atoms with Crippen LogP contribution in [0.5, 0.6) is 11.5 Å². The summed E-state index contributed by atoms with van der Waals surface area (Å²) in [6, 6.07) is 23.9. The molecule has 7 heteroatoms. The van der Waals surface area contributed by atoms with Gasteiger partial charge in [0, 0.05) is 47.5 Å². The zero-order chi connectivity index (χ0) is 27.2. The molecule has 2 heterocycles. The molecule has 0 bridgehead atoms. The van der Waals surface area contributed by atoms with Crippen molar-refractivity contribution >= 4 is 17.5 Å². The summed E-state index contributed by atoms with van der Waals surface area (Å²) in [5.41, 5.74) is 3.81. The minimum atomic E-state index is -0.182. The molecule has 0 saturated carbocycles. The lowest BCUT2D eigenvalue weighted by Gasteiger charge is -2.26. The number of methoxy groups -OCH3 is 1. The van der Waals surface area contributed by atoms with Gasteiger partial charge in [-0.1, -0.05) is 13.3 Å². The number of hydrogen-bond acceptors (Lipinski definition) is 5. The molecule has 4 aromatic rings. The Morgan fingerprint density at radius 2 is 1.62 bits per heavy atom. The molecule has 2 amide bonds. The number of amides is 2. The monoisotopic (exact) mass is 524 g/mol. The Labute approximate surface area is 228 Å². The van der Waals surface area contributed by atoms with Crippen molar-refractivity contribution < 1.29 is 23.5 Å². The van der Waals surface area contributed by atoms with Crippen LogP contribution in [0.4, 0.5) is 5.69 Å². The maximum Gasteiger partial charge on any atom is 0.255 e. The van der Waals surface area contributed by atoms with Gasteiger partial charge >= 0.3 is 0 Å². The van der Waals surface area contributed by atoms with E-state index in [9.17, 15) is 9.59 Å². The summed E-state index contributed by atoms with van der Waals surface area (Å²) >= 11 is 0. The molecule has 0 saturated heterocycles. The average Bonchev–Trinajstić information content (AvgIpc) is 3.41. The van der Waals surface area contributed by atoms with Crippen LogP contribution in [-0.4, -0.2) is 37.0 Å². The molecule has 1 N–H and O–H groups in total. The largest absolute Gasteiger partial charge is 0.497 e. The SMILES string of the molecule is CCCCOc1ccc(C(=O)Nc2ccc(-c3cc4c(o3)CCN(C(=O)c3ccc(OC)cc3)C4)cc2)cc1. The summed E-state index contributed by atoms with van der Waals surface area (Å²) < 4.78 is 17.0. The van der Waals surface area contributed by atoms with E-state index in [0.717, 1.165) is 47.0 Å². The number of carbonyl (C=O) groups excluding carboxylic acids is 2. The molecule has 3 aromatic carbocycles. The van der Waals surface area contributed by atoms with Crippen LogP contribution in [0, 0.1) is 0 Å². The second kappa shape index (κ2) is 11.9. The number of rotatable bonds is 9. The van der Waals surface area contributed by atoms with Gasteiger partial charge in [0.15, 0.2) is 0 Å². The summed E-state index contributed by atoms with van der Waals surface area (Å²) in [7, 11) is 1.61. The van der Waals surface area contributed by atoms with Crippen LogP contribution in [0.2, 0.25) is 0 Å². The molecular weight excluding hydrogens is 492 g/mol. The third-order valence-electron chi connectivity index (χ3n) is 6.80. The molecule has 0 radical (unpaired) electrons. The van der Waals surface area contributed by atoms with Gasteiger partial charge in [-0.3, -0.25) is 9.59 Å². The van der Waals surface area contributed by atoms with E-state index in [1.807, 2.05) is 47.4 Å². The number of nitrogens with zero attached hydrogens (tertiary/aromatic N) is 1. The first-order valence-electron chi connectivity index (χ1n) is 13.2. The summed E-state index contributed by atoms with van der Waals surface area (Å²) in [6.45, 7) is 3.89. The number of benzene rings is 3. The van der Waals surface area contributed by atoms with Crippen molar-refractivity contribution in [2.24, 2.45) is 0 Å². The quantitative estimate of drug-likeness (QED) is 0.250. The fraction of sp³-hybridized carbons (Fsp3) is 0.250. The van der Waals surface area contributed by atoms with Gasteiger partial charge in [-0.25, -0.2) is 0 Å². The highest BCUT2D eigenvalue weighted by atomic mass is 16.5. The van der Waals surface area contributed by atoms with Crippen LogP contribution < -0.4 is 14.8 Å². The van der Waals surface area contributed by atoms with Gasteiger partial charge in [0.05, 0.1) is 13.7 Å². The van der Waals surface area contributed by atoms with Crippen LogP contribution in [0.15, 0.2) is 83.3 Å². The number of carbonyl (C=O) groups is 2. The first-order chi connectivity index (χ1) is 19.0. The number of unbranched alkanes of at least 4 members (excludes halogenated alkanes) is 1. The fourth-order valence-corrected chi connectivity index (χ4v) is 4.52. The van der Waals surface area contributed by atoms with Crippen LogP contribution in [0.25, 0.3) is 11.3 Å². The molecule has 1 aliphatic heterocycles. The Bertz CT molecular complexity index is 1420. The fourth-order valence-electron chi connectivity index (χ4n) is 4.52. The summed E-state index contributed by atoms with van der Waals surface area (Å²) in [5, 5.41) is 2.94. The summed E-state index contributed by atoms with van der Waals surface area (Å²) in [5.74, 6) is 2.94. The van der Waals surface area contributed by atoms with Crippen LogP contribution >= 0.6 is 0 Å². The van der Waals surface area contributed by atoms with E-state index < -0.39 is 0 Å². The van der Waals surface area contributed by atoms with E-state index in [1.165, 1.54) is 0 Å². The Morgan fingerprint density at radius 1 is 0.923 bits per heavy atom. The van der Waals surface area contributed by atoms with Crippen LogP contribution in [-0.2, 0) is 13.0 Å². The van der Waals surface area contributed by atoms with Gasteiger partial charge in [0.2, 0.25) is 0 Å². The van der Waals surface area contributed by atoms with E-state index in [-0.39, 0.29) is 11.8 Å². The lowest BCUT2D eigenvalue weighted by atomic mass is 10.1. The molecule has 1 aliphatic rings. The number of fused-ring (bicyclic) bond motifs is 1. The Morgan fingerprint density at radius 3 is 2.31 bits per heavy atom. The molecule has 1 aromatic heterocycles. The highest BCUT2D eigenvalue weighted by Crippen LogP contribution is 2.31. The highest BCUT2D eigenvalue weighted by molar-refractivity contribution is 6.04. The zero-order valence-corrected chi connectivity index (χ0v) is 22.2. The maximum absolute atomic E-state index is 13.0. The number of furan rings is 1. The molecular formula is C32H32N2O5. The molecule has 0 spiro atoms. The third-order valence-corrected chi connectivity index (χ3v) is 6.80. The Kier molecular flexibility index (Phi) is 7.96. The van der Waals surface area contributed by atoms with Crippen LogP contribution in [0.3, 0.4) is 0 Å². The van der Waals surface area contributed by atoms with E-state index in [0.29, 0.717) is 42.9 Å². The molecule has 0 unspecified atom stereocenters. The molecule has 7 nitrogen and oxygen atoms in total. The lowest BCUT2D eigenvalue weighted by Crippen LogP contribution is -2.35. The summed E-state index contributed by atoms with van der Waals surface area (Å²) in [6.07, 6.45) is 2.74. The summed E-state index contributed by atoms with van der Waals surface area (Å²) in [4.78, 5) is 27.5. The van der Waals surface area contributed by atoms with Crippen molar-refractivity contribution in [2.45, 2.75) is 32.7 Å². The smallest absolute Gasteiger partial charge is 0.255 e. The van der Waals surface area contributed by atoms with Crippen LogP contribution in [0.1, 0.15) is 51.8 Å². The van der Waals surface area contributed by atoms with Crippen molar-refractivity contribution in [3.63, 3.8) is 0 Å². The predicted molar refractivity (Wildman–Crippen MR) is 150 cm³/mol. The second-order valence-corrected chi connectivity index (χ2v) is 9.52. The lowest BCUT2D eigenvalue weighted by molar-refractivity contribution is 0.0729. The first kappa shape index (κ1) is 26.1. The van der Waals surface area contributed by atoms with Gasteiger partial charge < -0.3 is 24.1 Å². The number of nitrogens with one attached hydrogen (secondary N) is 1. The van der Waals surface area contributed by atoms with E-state index in [4.69, 9.17) is 13.9 Å².